The van der Waals surface area contributed by atoms with Gasteiger partial charge in [-0.1, -0.05) is 13.8 Å². The predicted molar refractivity (Wildman–Crippen MR) is 138 cm³/mol. The zero-order valence-electron chi connectivity index (χ0n) is 22.4. The van der Waals surface area contributed by atoms with Crippen molar-refractivity contribution in [2.45, 2.75) is 50.6 Å². The molecule has 0 spiro atoms. The number of carbonyl (C=O) groups is 2. The third-order valence-electron chi connectivity index (χ3n) is 6.31. The maximum atomic E-state index is 15.6. The van der Waals surface area contributed by atoms with Crippen molar-refractivity contribution in [3.63, 3.8) is 0 Å². The molecule has 3 aromatic rings. The van der Waals surface area contributed by atoms with Gasteiger partial charge in [0.05, 0.1) is 12.0 Å². The monoisotopic (exact) mass is 561 g/mol. The van der Waals surface area contributed by atoms with E-state index in [1.165, 1.54) is 32.4 Å². The summed E-state index contributed by atoms with van der Waals surface area (Å²) in [5, 5.41) is 2.83. The molecule has 0 saturated carbocycles. The molecular formula is C26H29F2N5O5S. The number of pyridine rings is 1. The Kier molecular flexibility index (Phi) is 7.23. The molecule has 4 rings (SSSR count). The van der Waals surface area contributed by atoms with Gasteiger partial charge in [0.15, 0.2) is 11.5 Å². The Hall–Kier alpha value is -3.87. The topological polar surface area (TPSA) is 123 Å². The van der Waals surface area contributed by atoms with Crippen molar-refractivity contribution in [1.82, 2.24) is 24.4 Å². The van der Waals surface area contributed by atoms with E-state index in [-0.39, 0.29) is 18.4 Å². The van der Waals surface area contributed by atoms with E-state index in [1.54, 1.807) is 26.0 Å². The molecule has 0 fully saturated rings. The second-order valence-electron chi connectivity index (χ2n) is 10.4. The number of carbonyl (C=O) groups excluding carboxylic acids is 2. The van der Waals surface area contributed by atoms with Gasteiger partial charge < -0.3 is 9.64 Å². The summed E-state index contributed by atoms with van der Waals surface area (Å²) in [6.07, 6.45) is 0.995. The molecule has 0 unspecified atom stereocenters. The lowest BCUT2D eigenvalue weighted by Gasteiger charge is -2.27. The predicted octanol–water partition coefficient (Wildman–Crippen LogP) is 3.22. The fourth-order valence-corrected chi connectivity index (χ4v) is 5.37. The molecule has 1 aliphatic heterocycles. The molecule has 2 amide bonds. The number of fused-ring (bicyclic) bond motifs is 6. The Labute approximate surface area is 225 Å². The Morgan fingerprint density at radius 1 is 1.21 bits per heavy atom. The first-order valence-electron chi connectivity index (χ1n) is 12.1. The fraction of sp³-hybridized carbons (Fsp3) is 0.385. The van der Waals surface area contributed by atoms with Crippen molar-refractivity contribution >= 4 is 21.8 Å². The highest BCUT2D eigenvalue weighted by atomic mass is 32.2. The van der Waals surface area contributed by atoms with Crippen LogP contribution >= 0.6 is 0 Å². The Morgan fingerprint density at radius 3 is 2.54 bits per heavy atom. The van der Waals surface area contributed by atoms with Crippen LogP contribution in [0.15, 0.2) is 35.5 Å². The number of halogens is 2. The molecule has 1 N–H and O–H groups in total. The largest absolute Gasteiger partial charge is 0.475 e. The van der Waals surface area contributed by atoms with Gasteiger partial charge in [0, 0.05) is 26.4 Å². The number of nitrogens with zero attached hydrogens (tertiary/aromatic N) is 4. The molecule has 1 aromatic carbocycles. The van der Waals surface area contributed by atoms with E-state index in [9.17, 15) is 22.4 Å². The van der Waals surface area contributed by atoms with E-state index in [0.29, 0.717) is 22.3 Å². The van der Waals surface area contributed by atoms with Crippen molar-refractivity contribution in [2.24, 2.45) is 0 Å². The zero-order valence-corrected chi connectivity index (χ0v) is 23.2. The standard InChI is InChI=1S/C26H29F2N5O5S/c1-14(2)17-10-16(27)11-18-15-7-8-29-21(9-15)38-13-26(3,4)33-23(25(35)32(5)6)22(28)24(30-33)39(36,37)31-20(34)12-19(17)18/h7-11,14H,12-13H2,1-6H3,(H,31,34). The Balaban J connectivity index is 1.97. The quantitative estimate of drug-likeness (QED) is 0.510. The number of nitrogens with one attached hydrogen (secondary N) is 1. The summed E-state index contributed by atoms with van der Waals surface area (Å²) < 4.78 is 65.5. The Morgan fingerprint density at radius 2 is 1.90 bits per heavy atom. The van der Waals surface area contributed by atoms with E-state index in [2.05, 4.69) is 10.1 Å². The molecule has 0 atom stereocenters. The molecule has 208 valence electrons. The van der Waals surface area contributed by atoms with Crippen LogP contribution in [0.25, 0.3) is 11.1 Å². The maximum absolute atomic E-state index is 15.6. The molecule has 2 aromatic heterocycles. The molecule has 3 heterocycles. The van der Waals surface area contributed by atoms with Crippen LogP contribution in [0.3, 0.4) is 0 Å². The third-order valence-corrected chi connectivity index (χ3v) is 7.58. The third kappa shape index (κ3) is 5.35. The average Bonchev–Trinajstić information content (AvgIpc) is 3.21. The summed E-state index contributed by atoms with van der Waals surface area (Å²) in [5.74, 6) is -3.83. The first kappa shape index (κ1) is 28.1. The molecular weight excluding hydrogens is 532 g/mol. The van der Waals surface area contributed by atoms with Crippen LogP contribution in [-0.4, -0.2) is 60.6 Å². The van der Waals surface area contributed by atoms with E-state index in [4.69, 9.17) is 4.74 Å². The highest BCUT2D eigenvalue weighted by Gasteiger charge is 2.38. The molecule has 13 heteroatoms. The number of rotatable bonds is 2. The van der Waals surface area contributed by atoms with Gasteiger partial charge in [0.2, 0.25) is 16.8 Å². The zero-order chi connectivity index (χ0) is 28.9. The smallest absolute Gasteiger partial charge is 0.286 e. The summed E-state index contributed by atoms with van der Waals surface area (Å²) in [6.45, 7) is 6.57. The van der Waals surface area contributed by atoms with Crippen molar-refractivity contribution in [3.8, 4) is 17.0 Å². The summed E-state index contributed by atoms with van der Waals surface area (Å²) >= 11 is 0. The van der Waals surface area contributed by atoms with Gasteiger partial charge in [-0.25, -0.2) is 23.2 Å². The molecule has 0 radical (unpaired) electrons. The lowest BCUT2D eigenvalue weighted by atomic mass is 9.88. The van der Waals surface area contributed by atoms with Gasteiger partial charge in [-0.15, -0.1) is 0 Å². The highest BCUT2D eigenvalue weighted by molar-refractivity contribution is 7.90. The van der Waals surface area contributed by atoms with Crippen molar-refractivity contribution in [3.05, 3.63) is 58.9 Å². The molecule has 0 aliphatic carbocycles. The van der Waals surface area contributed by atoms with E-state index in [1.807, 2.05) is 18.6 Å². The van der Waals surface area contributed by atoms with Gasteiger partial charge in [-0.3, -0.25) is 9.59 Å². The molecule has 0 saturated heterocycles. The van der Waals surface area contributed by atoms with E-state index < -0.39 is 56.2 Å². The number of ether oxygens (including phenoxy) is 1. The SMILES string of the molecule is CC(C)c1cc(F)cc2c1CC(=O)NS(=O)(=O)c1nn(c(C(=O)N(C)C)c1F)C(C)(C)COc1cc-2ccn1. The lowest BCUT2D eigenvalue weighted by molar-refractivity contribution is -0.118. The number of hydrogen-bond acceptors (Lipinski definition) is 7. The van der Waals surface area contributed by atoms with Crippen molar-refractivity contribution in [2.75, 3.05) is 20.7 Å². The van der Waals surface area contributed by atoms with Gasteiger partial charge in [0.25, 0.3) is 15.9 Å². The number of benzene rings is 1. The number of sulfonamides is 1. The van der Waals surface area contributed by atoms with Crippen LogP contribution in [0.2, 0.25) is 0 Å². The van der Waals surface area contributed by atoms with E-state index >= 15 is 4.39 Å². The van der Waals surface area contributed by atoms with Crippen LogP contribution in [0.5, 0.6) is 5.88 Å². The highest BCUT2D eigenvalue weighted by Crippen LogP contribution is 2.34. The van der Waals surface area contributed by atoms with Gasteiger partial charge in [-0.2, -0.15) is 13.5 Å². The first-order valence-corrected chi connectivity index (χ1v) is 13.6. The fourth-order valence-electron chi connectivity index (χ4n) is 4.38. The summed E-state index contributed by atoms with van der Waals surface area (Å²) in [6, 6.07) is 5.73. The van der Waals surface area contributed by atoms with Crippen LogP contribution in [-0.2, 0) is 26.8 Å². The maximum Gasteiger partial charge on any atom is 0.286 e. The van der Waals surface area contributed by atoms with Crippen molar-refractivity contribution < 1.29 is 31.5 Å². The van der Waals surface area contributed by atoms with Gasteiger partial charge >= 0.3 is 0 Å². The van der Waals surface area contributed by atoms with Gasteiger partial charge in [-0.05, 0) is 60.2 Å². The van der Waals surface area contributed by atoms with Crippen LogP contribution < -0.4 is 9.46 Å². The second kappa shape index (κ2) is 10.0. The minimum atomic E-state index is -4.85. The minimum absolute atomic E-state index is 0.141. The van der Waals surface area contributed by atoms with Crippen LogP contribution in [0.1, 0.15) is 55.2 Å². The van der Waals surface area contributed by atoms with Crippen molar-refractivity contribution in [1.29, 1.82) is 0 Å². The average molecular weight is 562 g/mol. The second-order valence-corrected chi connectivity index (χ2v) is 12.0. The summed E-state index contributed by atoms with van der Waals surface area (Å²) in [7, 11) is -2.09. The molecule has 4 bridgehead atoms. The number of aromatic nitrogens is 3. The van der Waals surface area contributed by atoms with Crippen LogP contribution in [0, 0.1) is 11.6 Å². The number of amides is 2. The molecule has 1 aliphatic rings. The molecule has 10 nitrogen and oxygen atoms in total. The summed E-state index contributed by atoms with van der Waals surface area (Å²) in [4.78, 5) is 31.3. The summed E-state index contributed by atoms with van der Waals surface area (Å²) in [5.41, 5.74) is -0.127. The lowest BCUT2D eigenvalue weighted by Crippen LogP contribution is -2.39. The number of hydrogen-bond donors (Lipinski definition) is 1. The minimum Gasteiger partial charge on any atom is -0.475 e. The van der Waals surface area contributed by atoms with Crippen LogP contribution in [0.4, 0.5) is 8.78 Å². The van der Waals surface area contributed by atoms with E-state index in [0.717, 1.165) is 9.58 Å². The molecule has 39 heavy (non-hydrogen) atoms. The van der Waals surface area contributed by atoms with Gasteiger partial charge in [0.1, 0.15) is 12.4 Å². The first-order chi connectivity index (χ1) is 18.1. The Bertz CT molecular complexity index is 1580. The normalized spacial score (nSPS) is 16.4.